The van der Waals surface area contributed by atoms with E-state index in [0.717, 1.165) is 29.3 Å². The van der Waals surface area contributed by atoms with Crippen LogP contribution in [0.25, 0.3) is 0 Å². The maximum atomic E-state index is 5.61. The van der Waals surface area contributed by atoms with E-state index in [4.69, 9.17) is 4.74 Å². The molecule has 0 amide bonds. The monoisotopic (exact) mass is 305 g/mol. The van der Waals surface area contributed by atoms with E-state index in [-0.39, 0.29) is 0 Å². The second-order valence-electron chi connectivity index (χ2n) is 4.09. The van der Waals surface area contributed by atoms with Gasteiger partial charge in [0, 0.05) is 18.9 Å². The van der Waals surface area contributed by atoms with Gasteiger partial charge in [-0.25, -0.2) is 4.98 Å². The second kappa shape index (κ2) is 4.94. The molecule has 2 aromatic heterocycles. The van der Waals surface area contributed by atoms with Gasteiger partial charge in [0.15, 0.2) is 11.6 Å². The zero-order valence-corrected chi connectivity index (χ0v) is 11.3. The van der Waals surface area contributed by atoms with Gasteiger partial charge in [-0.05, 0) is 39.7 Å². The minimum atomic E-state index is 0.691. The van der Waals surface area contributed by atoms with Crippen molar-refractivity contribution >= 4 is 21.7 Å². The van der Waals surface area contributed by atoms with Gasteiger partial charge in [0.2, 0.25) is 0 Å². The topological polar surface area (TPSA) is 38.2 Å². The van der Waals surface area contributed by atoms with Crippen LogP contribution >= 0.6 is 15.9 Å². The lowest BCUT2D eigenvalue weighted by molar-refractivity contribution is 0.304. The lowest BCUT2D eigenvalue weighted by atomic mass is 10.2. The first kappa shape index (κ1) is 11.5. The fraction of sp³-hybridized carbons (Fsp3) is 0.231. The number of fused-ring (bicyclic) bond motifs is 1. The first-order chi connectivity index (χ1) is 8.83. The average Bonchev–Trinajstić information content (AvgIpc) is 2.41. The number of ether oxygens (including phenoxy) is 1. The van der Waals surface area contributed by atoms with Crippen LogP contribution in [0.3, 0.4) is 0 Å². The molecule has 5 heteroatoms. The zero-order chi connectivity index (χ0) is 12.4. The number of hydrogen-bond acceptors (Lipinski definition) is 4. The Morgan fingerprint density at radius 1 is 1.33 bits per heavy atom. The predicted octanol–water partition coefficient (Wildman–Crippen LogP) is 2.64. The van der Waals surface area contributed by atoms with Crippen molar-refractivity contribution in [2.24, 2.45) is 0 Å². The van der Waals surface area contributed by atoms with Gasteiger partial charge in [0.05, 0.1) is 6.54 Å². The third-order valence-electron chi connectivity index (χ3n) is 2.82. The van der Waals surface area contributed by atoms with Gasteiger partial charge in [-0.1, -0.05) is 6.07 Å². The number of pyridine rings is 2. The maximum Gasteiger partial charge on any atom is 0.172 e. The van der Waals surface area contributed by atoms with Gasteiger partial charge in [0.1, 0.15) is 11.2 Å². The van der Waals surface area contributed by atoms with Crippen LogP contribution in [0.1, 0.15) is 5.56 Å². The Balaban J connectivity index is 1.89. The summed E-state index contributed by atoms with van der Waals surface area (Å²) in [6.07, 6.45) is 3.67. The molecule has 0 radical (unpaired) electrons. The van der Waals surface area contributed by atoms with Crippen LogP contribution in [0.5, 0.6) is 5.75 Å². The molecule has 3 heterocycles. The summed E-state index contributed by atoms with van der Waals surface area (Å²) in [5, 5.41) is 0. The lowest BCUT2D eigenvalue weighted by Crippen LogP contribution is -2.33. The van der Waals surface area contributed by atoms with Crippen LogP contribution < -0.4 is 9.64 Å². The minimum absolute atomic E-state index is 0.691. The number of anilines is 1. The van der Waals surface area contributed by atoms with E-state index >= 15 is 0 Å². The number of rotatable bonds is 2. The first-order valence-electron chi connectivity index (χ1n) is 5.76. The van der Waals surface area contributed by atoms with Crippen molar-refractivity contribution in [1.82, 2.24) is 9.97 Å². The third kappa shape index (κ3) is 2.31. The summed E-state index contributed by atoms with van der Waals surface area (Å²) in [5.41, 5.74) is 1.17. The molecule has 0 spiro atoms. The van der Waals surface area contributed by atoms with Crippen molar-refractivity contribution in [2.75, 3.05) is 18.1 Å². The Kier molecular flexibility index (Phi) is 3.15. The normalized spacial score (nSPS) is 13.9. The van der Waals surface area contributed by atoms with Crippen molar-refractivity contribution in [3.8, 4) is 5.75 Å². The van der Waals surface area contributed by atoms with E-state index in [1.165, 1.54) is 5.56 Å². The molecule has 0 unspecified atom stereocenters. The van der Waals surface area contributed by atoms with Crippen molar-refractivity contribution < 1.29 is 4.74 Å². The molecule has 18 heavy (non-hydrogen) atoms. The van der Waals surface area contributed by atoms with Gasteiger partial charge >= 0.3 is 0 Å². The molecule has 0 saturated carbocycles. The lowest BCUT2D eigenvalue weighted by Gasteiger charge is -2.30. The van der Waals surface area contributed by atoms with Gasteiger partial charge in [-0.3, -0.25) is 4.98 Å². The van der Waals surface area contributed by atoms with Gasteiger partial charge in [-0.15, -0.1) is 0 Å². The Bertz CT molecular complexity index is 547. The van der Waals surface area contributed by atoms with E-state index in [1.807, 2.05) is 24.4 Å². The average molecular weight is 306 g/mol. The number of nitrogens with zero attached hydrogens (tertiary/aromatic N) is 3. The number of hydrogen-bond donors (Lipinski definition) is 0. The molecule has 1 aliphatic heterocycles. The molecule has 0 bridgehead atoms. The smallest absolute Gasteiger partial charge is 0.172 e. The predicted molar refractivity (Wildman–Crippen MR) is 72.7 cm³/mol. The number of aromatic nitrogens is 2. The highest BCUT2D eigenvalue weighted by atomic mass is 79.9. The highest BCUT2D eigenvalue weighted by molar-refractivity contribution is 9.10. The van der Waals surface area contributed by atoms with Crippen LogP contribution in [0.4, 0.5) is 5.82 Å². The van der Waals surface area contributed by atoms with Crippen molar-refractivity contribution in [2.45, 2.75) is 6.54 Å². The molecule has 0 N–H and O–H groups in total. The molecular weight excluding hydrogens is 294 g/mol. The highest BCUT2D eigenvalue weighted by Crippen LogP contribution is 2.31. The van der Waals surface area contributed by atoms with Gasteiger partial charge in [0.25, 0.3) is 0 Å². The highest BCUT2D eigenvalue weighted by Gasteiger charge is 2.19. The van der Waals surface area contributed by atoms with E-state index in [1.54, 1.807) is 6.20 Å². The molecule has 0 fully saturated rings. The molecule has 0 saturated heterocycles. The molecule has 2 aromatic rings. The van der Waals surface area contributed by atoms with E-state index in [0.29, 0.717) is 6.61 Å². The third-order valence-corrected chi connectivity index (χ3v) is 3.26. The molecule has 0 aromatic carbocycles. The van der Waals surface area contributed by atoms with E-state index in [9.17, 15) is 0 Å². The molecule has 0 atom stereocenters. The molecule has 3 rings (SSSR count). The molecule has 0 aliphatic carbocycles. The zero-order valence-electron chi connectivity index (χ0n) is 9.71. The SMILES string of the molecule is Brc1ccc2c(n1)N(Cc1cccnc1)CCO2. The molecule has 92 valence electrons. The van der Waals surface area contributed by atoms with Crippen LogP contribution in [0.15, 0.2) is 41.3 Å². The van der Waals surface area contributed by atoms with Crippen LogP contribution in [0.2, 0.25) is 0 Å². The second-order valence-corrected chi connectivity index (χ2v) is 4.90. The van der Waals surface area contributed by atoms with Gasteiger partial charge < -0.3 is 9.64 Å². The van der Waals surface area contributed by atoms with Crippen LogP contribution in [-0.4, -0.2) is 23.1 Å². The summed E-state index contributed by atoms with van der Waals surface area (Å²) in [7, 11) is 0. The summed E-state index contributed by atoms with van der Waals surface area (Å²) in [6.45, 7) is 2.33. The van der Waals surface area contributed by atoms with Crippen molar-refractivity contribution in [1.29, 1.82) is 0 Å². The molecular formula is C13H12BrN3O. The van der Waals surface area contributed by atoms with Crippen LogP contribution in [0, 0.1) is 0 Å². The van der Waals surface area contributed by atoms with Crippen LogP contribution in [-0.2, 0) is 6.54 Å². The Labute approximate surface area is 114 Å². The molecule has 4 nitrogen and oxygen atoms in total. The fourth-order valence-corrected chi connectivity index (χ4v) is 2.29. The quantitative estimate of drug-likeness (QED) is 0.800. The fourth-order valence-electron chi connectivity index (χ4n) is 1.99. The van der Waals surface area contributed by atoms with Gasteiger partial charge in [-0.2, -0.15) is 0 Å². The Morgan fingerprint density at radius 2 is 2.28 bits per heavy atom. The maximum absolute atomic E-state index is 5.61. The summed E-state index contributed by atoms with van der Waals surface area (Å²) >= 11 is 3.40. The standard InChI is InChI=1S/C13H12BrN3O/c14-12-4-3-11-13(16-12)17(6-7-18-11)9-10-2-1-5-15-8-10/h1-5,8H,6-7,9H2. The van der Waals surface area contributed by atoms with Crippen molar-refractivity contribution in [3.05, 3.63) is 46.8 Å². The summed E-state index contributed by atoms with van der Waals surface area (Å²) in [5.74, 6) is 1.73. The summed E-state index contributed by atoms with van der Waals surface area (Å²) in [4.78, 5) is 10.8. The van der Waals surface area contributed by atoms with Crippen molar-refractivity contribution in [3.63, 3.8) is 0 Å². The Hall–Kier alpha value is -1.62. The summed E-state index contributed by atoms with van der Waals surface area (Å²) in [6, 6.07) is 7.86. The Morgan fingerprint density at radius 3 is 3.11 bits per heavy atom. The minimum Gasteiger partial charge on any atom is -0.488 e. The molecule has 1 aliphatic rings. The number of halogens is 1. The largest absolute Gasteiger partial charge is 0.488 e. The summed E-state index contributed by atoms with van der Waals surface area (Å²) < 4.78 is 6.43. The van der Waals surface area contributed by atoms with E-state index in [2.05, 4.69) is 36.9 Å². The van der Waals surface area contributed by atoms with E-state index < -0.39 is 0 Å². The first-order valence-corrected chi connectivity index (χ1v) is 6.55.